The average Bonchev–Trinajstić information content (AvgIpc) is 2.07. The highest BCUT2D eigenvalue weighted by molar-refractivity contribution is 4.77. The fourth-order valence-electron chi connectivity index (χ4n) is 2.48. The van der Waals surface area contributed by atoms with E-state index in [9.17, 15) is 0 Å². The second kappa shape index (κ2) is 4.83. The van der Waals surface area contributed by atoms with E-state index in [1.54, 1.807) is 0 Å². The molecule has 1 atom stereocenters. The first-order chi connectivity index (χ1) is 5.75. The van der Waals surface area contributed by atoms with E-state index in [0.717, 1.165) is 12.3 Å². The molecule has 0 aliphatic heterocycles. The molecule has 72 valence electrons. The van der Waals surface area contributed by atoms with Gasteiger partial charge in [0.05, 0.1) is 6.17 Å². The Balaban J connectivity index is 2.40. The maximum absolute atomic E-state index is 5.76. The van der Waals surface area contributed by atoms with E-state index in [2.05, 4.69) is 6.92 Å². The minimum Gasteiger partial charge on any atom is -0.316 e. The van der Waals surface area contributed by atoms with Crippen molar-refractivity contribution in [2.24, 2.45) is 23.3 Å². The molecule has 0 radical (unpaired) electrons. The maximum Gasteiger partial charge on any atom is 0.0552 e. The minimum absolute atomic E-state index is 0.0990. The summed E-state index contributed by atoms with van der Waals surface area (Å²) < 4.78 is 0. The summed E-state index contributed by atoms with van der Waals surface area (Å²) in [4.78, 5) is 0. The first-order valence-electron chi connectivity index (χ1n) is 5.27. The monoisotopic (exact) mass is 170 g/mol. The van der Waals surface area contributed by atoms with Crippen molar-refractivity contribution in [2.75, 3.05) is 0 Å². The molecule has 1 fully saturated rings. The third-order valence-corrected chi connectivity index (χ3v) is 3.22. The lowest BCUT2D eigenvalue weighted by Crippen LogP contribution is -2.42. The molecular weight excluding hydrogens is 148 g/mol. The van der Waals surface area contributed by atoms with Crippen molar-refractivity contribution >= 4 is 0 Å². The van der Waals surface area contributed by atoms with Crippen molar-refractivity contribution in [1.29, 1.82) is 0 Å². The molecule has 2 heteroatoms. The summed E-state index contributed by atoms with van der Waals surface area (Å²) in [6.45, 7) is 2.20. The molecule has 1 saturated carbocycles. The van der Waals surface area contributed by atoms with Crippen molar-refractivity contribution in [3.63, 3.8) is 0 Å². The Kier molecular flexibility index (Phi) is 4.02. The van der Waals surface area contributed by atoms with Gasteiger partial charge >= 0.3 is 0 Å². The van der Waals surface area contributed by atoms with Gasteiger partial charge in [0.1, 0.15) is 0 Å². The highest BCUT2D eigenvalue weighted by atomic mass is 14.9. The van der Waals surface area contributed by atoms with Gasteiger partial charge in [-0.05, 0) is 11.8 Å². The molecule has 4 N–H and O–H groups in total. The van der Waals surface area contributed by atoms with Crippen LogP contribution in [0.4, 0.5) is 0 Å². The van der Waals surface area contributed by atoms with Crippen LogP contribution in [0.25, 0.3) is 0 Å². The number of nitrogens with two attached hydrogens (primary N) is 2. The van der Waals surface area contributed by atoms with Crippen LogP contribution in [0.2, 0.25) is 0 Å². The van der Waals surface area contributed by atoms with Gasteiger partial charge in [0.2, 0.25) is 0 Å². The summed E-state index contributed by atoms with van der Waals surface area (Å²) in [5, 5.41) is 0. The summed E-state index contributed by atoms with van der Waals surface area (Å²) in [5.41, 5.74) is 11.5. The second-order valence-corrected chi connectivity index (χ2v) is 4.05. The molecule has 1 rings (SSSR count). The molecule has 2 nitrogen and oxygen atoms in total. The summed E-state index contributed by atoms with van der Waals surface area (Å²) in [6.07, 6.45) is 7.92. The zero-order chi connectivity index (χ0) is 8.97. The Morgan fingerprint density at radius 2 is 1.75 bits per heavy atom. The highest BCUT2D eigenvalue weighted by Gasteiger charge is 2.24. The van der Waals surface area contributed by atoms with Crippen molar-refractivity contribution in [3.8, 4) is 0 Å². The van der Waals surface area contributed by atoms with Gasteiger partial charge in [-0.2, -0.15) is 0 Å². The highest BCUT2D eigenvalue weighted by Crippen LogP contribution is 2.31. The van der Waals surface area contributed by atoms with Gasteiger partial charge in [-0.3, -0.25) is 0 Å². The largest absolute Gasteiger partial charge is 0.316 e. The number of hydrogen-bond donors (Lipinski definition) is 2. The molecule has 1 unspecified atom stereocenters. The van der Waals surface area contributed by atoms with E-state index in [0.29, 0.717) is 5.92 Å². The second-order valence-electron chi connectivity index (χ2n) is 4.05. The lowest BCUT2D eigenvalue weighted by molar-refractivity contribution is 0.212. The van der Waals surface area contributed by atoms with E-state index in [1.807, 2.05) is 0 Å². The van der Waals surface area contributed by atoms with Crippen LogP contribution in [0, 0.1) is 11.8 Å². The smallest absolute Gasteiger partial charge is 0.0552 e. The van der Waals surface area contributed by atoms with E-state index in [4.69, 9.17) is 11.5 Å². The van der Waals surface area contributed by atoms with E-state index >= 15 is 0 Å². The molecule has 0 aromatic carbocycles. The molecule has 0 aromatic heterocycles. The topological polar surface area (TPSA) is 52.0 Å². The Morgan fingerprint density at radius 1 is 1.17 bits per heavy atom. The van der Waals surface area contributed by atoms with Gasteiger partial charge in [0.15, 0.2) is 0 Å². The van der Waals surface area contributed by atoms with Crippen molar-refractivity contribution in [2.45, 2.75) is 51.6 Å². The molecule has 0 spiro atoms. The fourth-order valence-corrected chi connectivity index (χ4v) is 2.48. The SMILES string of the molecule is CCC(C(N)N)C1CCCCC1. The average molecular weight is 170 g/mol. The zero-order valence-corrected chi connectivity index (χ0v) is 8.13. The lowest BCUT2D eigenvalue weighted by atomic mass is 9.77. The summed E-state index contributed by atoms with van der Waals surface area (Å²) in [7, 11) is 0. The molecule has 12 heavy (non-hydrogen) atoms. The van der Waals surface area contributed by atoms with Crippen LogP contribution in [0.5, 0.6) is 0 Å². The van der Waals surface area contributed by atoms with Crippen LogP contribution < -0.4 is 11.5 Å². The predicted octanol–water partition coefficient (Wildman–Crippen LogP) is 1.84. The fraction of sp³-hybridized carbons (Fsp3) is 1.00. The summed E-state index contributed by atoms with van der Waals surface area (Å²) >= 11 is 0. The first kappa shape index (κ1) is 10.0. The quantitative estimate of drug-likeness (QED) is 0.635. The molecular formula is C10H22N2. The normalized spacial score (nSPS) is 23.0. The van der Waals surface area contributed by atoms with Crippen molar-refractivity contribution in [1.82, 2.24) is 0 Å². The van der Waals surface area contributed by atoms with Gasteiger partial charge < -0.3 is 11.5 Å². The van der Waals surface area contributed by atoms with Gasteiger partial charge in [-0.15, -0.1) is 0 Å². The van der Waals surface area contributed by atoms with Gasteiger partial charge in [-0.25, -0.2) is 0 Å². The van der Waals surface area contributed by atoms with E-state index in [1.165, 1.54) is 32.1 Å². The molecule has 0 saturated heterocycles. The minimum atomic E-state index is -0.0990. The molecule has 0 bridgehead atoms. The van der Waals surface area contributed by atoms with Crippen LogP contribution in [0.15, 0.2) is 0 Å². The number of hydrogen-bond acceptors (Lipinski definition) is 2. The van der Waals surface area contributed by atoms with Crippen LogP contribution in [0.1, 0.15) is 45.4 Å². The van der Waals surface area contributed by atoms with Crippen LogP contribution in [-0.2, 0) is 0 Å². The predicted molar refractivity (Wildman–Crippen MR) is 52.5 cm³/mol. The molecule has 0 amide bonds. The van der Waals surface area contributed by atoms with Gasteiger partial charge in [0.25, 0.3) is 0 Å². The number of rotatable bonds is 3. The van der Waals surface area contributed by atoms with E-state index in [-0.39, 0.29) is 6.17 Å². The van der Waals surface area contributed by atoms with Crippen LogP contribution in [0.3, 0.4) is 0 Å². The molecule has 0 aromatic rings. The third kappa shape index (κ3) is 2.46. The standard InChI is InChI=1S/C10H22N2/c1-2-9(10(11)12)8-6-4-3-5-7-8/h8-10H,2-7,11-12H2,1H3. The van der Waals surface area contributed by atoms with Crippen LogP contribution >= 0.6 is 0 Å². The molecule has 1 aliphatic rings. The van der Waals surface area contributed by atoms with Crippen molar-refractivity contribution < 1.29 is 0 Å². The lowest BCUT2D eigenvalue weighted by Gasteiger charge is -2.31. The third-order valence-electron chi connectivity index (χ3n) is 3.22. The summed E-state index contributed by atoms with van der Waals surface area (Å²) in [5.74, 6) is 1.37. The Hall–Kier alpha value is -0.0800. The van der Waals surface area contributed by atoms with E-state index < -0.39 is 0 Å². The Bertz CT molecular complexity index is 117. The first-order valence-corrected chi connectivity index (χ1v) is 5.27. The van der Waals surface area contributed by atoms with Crippen molar-refractivity contribution in [3.05, 3.63) is 0 Å². The zero-order valence-electron chi connectivity index (χ0n) is 8.13. The van der Waals surface area contributed by atoms with Gasteiger partial charge in [0, 0.05) is 0 Å². The van der Waals surface area contributed by atoms with Gasteiger partial charge in [-0.1, -0.05) is 45.4 Å². The molecule has 0 heterocycles. The Labute approximate surface area is 75.7 Å². The molecule has 1 aliphatic carbocycles. The van der Waals surface area contributed by atoms with Crippen LogP contribution in [-0.4, -0.2) is 6.17 Å². The summed E-state index contributed by atoms with van der Waals surface area (Å²) in [6, 6.07) is 0. The Morgan fingerprint density at radius 3 is 2.17 bits per heavy atom. The maximum atomic E-state index is 5.76.